The third-order valence-electron chi connectivity index (χ3n) is 1.97. The van der Waals surface area contributed by atoms with E-state index >= 15 is 0 Å². The second-order valence-corrected chi connectivity index (χ2v) is 3.07. The van der Waals surface area contributed by atoms with Crippen LogP contribution in [0.1, 0.15) is 6.42 Å². The highest BCUT2D eigenvalue weighted by atomic mass is 16.6. The number of nitrogens with zero attached hydrogens (tertiary/aromatic N) is 1. The molecule has 0 saturated heterocycles. The monoisotopic (exact) mass is 200 g/mol. The number of carboxylic acid groups (broad SMARTS) is 1. The molecular formula is C8H12N2O4. The van der Waals surface area contributed by atoms with E-state index in [1.54, 1.807) is 0 Å². The molecule has 0 saturated carbocycles. The van der Waals surface area contributed by atoms with Crippen molar-refractivity contribution in [2.45, 2.75) is 6.42 Å². The van der Waals surface area contributed by atoms with Crippen LogP contribution in [0.4, 0.5) is 0 Å². The lowest BCUT2D eigenvalue weighted by molar-refractivity contribution is -0.757. The van der Waals surface area contributed by atoms with Crippen molar-refractivity contribution >= 4 is 11.9 Å². The van der Waals surface area contributed by atoms with Crippen molar-refractivity contribution in [1.82, 2.24) is 5.32 Å². The summed E-state index contributed by atoms with van der Waals surface area (Å²) >= 11 is 0. The Labute approximate surface area is 81.0 Å². The highest BCUT2D eigenvalue weighted by Gasteiger charge is 2.30. The van der Waals surface area contributed by atoms with Gasteiger partial charge in [0.05, 0.1) is 12.5 Å². The minimum absolute atomic E-state index is 0.0165. The number of quaternary nitrogens is 1. The van der Waals surface area contributed by atoms with E-state index in [9.17, 15) is 14.8 Å². The predicted molar refractivity (Wildman–Crippen MR) is 47.8 cm³/mol. The van der Waals surface area contributed by atoms with Gasteiger partial charge in [-0.3, -0.25) is 9.44 Å². The number of hydrogen-bond donors (Lipinski definition) is 2. The molecule has 0 aromatic heterocycles. The van der Waals surface area contributed by atoms with Crippen LogP contribution in [0.5, 0.6) is 0 Å². The van der Waals surface area contributed by atoms with E-state index in [0.29, 0.717) is 13.1 Å². The summed E-state index contributed by atoms with van der Waals surface area (Å²) in [7, 11) is 0. The SMILES string of the molecule is O=C(O)CCNCC[N+]1([O-])C=CC1=O. The van der Waals surface area contributed by atoms with Gasteiger partial charge in [0.15, 0.2) is 0 Å². The molecule has 78 valence electrons. The first-order chi connectivity index (χ1) is 6.54. The van der Waals surface area contributed by atoms with Gasteiger partial charge in [-0.25, -0.2) is 4.79 Å². The lowest BCUT2D eigenvalue weighted by atomic mass is 10.3. The van der Waals surface area contributed by atoms with E-state index in [4.69, 9.17) is 5.11 Å². The molecule has 0 fully saturated rings. The predicted octanol–water partition coefficient (Wildman–Crippen LogP) is -0.581. The Hall–Kier alpha value is -1.24. The van der Waals surface area contributed by atoms with Crippen molar-refractivity contribution in [2.24, 2.45) is 0 Å². The van der Waals surface area contributed by atoms with E-state index in [2.05, 4.69) is 5.32 Å². The quantitative estimate of drug-likeness (QED) is 0.340. The normalized spacial score (nSPS) is 24.8. The van der Waals surface area contributed by atoms with Gasteiger partial charge in [-0.05, 0) is 0 Å². The number of hydroxylamine groups is 3. The summed E-state index contributed by atoms with van der Waals surface area (Å²) in [5.41, 5.74) is 0. The Morgan fingerprint density at radius 3 is 2.71 bits per heavy atom. The number of nitrogens with one attached hydrogen (secondary N) is 1. The molecular weight excluding hydrogens is 188 g/mol. The number of amides is 1. The molecule has 1 heterocycles. The van der Waals surface area contributed by atoms with E-state index < -0.39 is 16.5 Å². The fourth-order valence-electron chi connectivity index (χ4n) is 1.05. The van der Waals surface area contributed by atoms with Crippen molar-refractivity contribution in [3.63, 3.8) is 0 Å². The van der Waals surface area contributed by atoms with Crippen molar-refractivity contribution in [1.29, 1.82) is 0 Å². The maximum absolute atomic E-state index is 11.3. The summed E-state index contributed by atoms with van der Waals surface area (Å²) in [6, 6.07) is 0. The standard InChI is InChI=1S/C8H12N2O4/c11-7-2-5-10(7,14)6-4-9-3-1-8(12)13/h2,5,9H,1,3-4,6H2,(H,12,13). The Morgan fingerprint density at radius 1 is 1.57 bits per heavy atom. The van der Waals surface area contributed by atoms with Crippen LogP contribution >= 0.6 is 0 Å². The van der Waals surface area contributed by atoms with Gasteiger partial charge in [0.2, 0.25) is 0 Å². The molecule has 0 aliphatic carbocycles. The Balaban J connectivity index is 2.08. The van der Waals surface area contributed by atoms with Crippen molar-refractivity contribution in [3.8, 4) is 0 Å². The van der Waals surface area contributed by atoms with Crippen LogP contribution in [0.25, 0.3) is 0 Å². The largest absolute Gasteiger partial charge is 0.620 e. The number of carboxylic acids is 1. The number of aliphatic carboxylic acids is 1. The smallest absolute Gasteiger partial charge is 0.348 e. The summed E-state index contributed by atoms with van der Waals surface area (Å²) in [6.45, 7) is 0.773. The zero-order valence-electron chi connectivity index (χ0n) is 7.60. The van der Waals surface area contributed by atoms with Gasteiger partial charge in [-0.15, -0.1) is 0 Å². The topological polar surface area (TPSA) is 89.5 Å². The zero-order valence-corrected chi connectivity index (χ0v) is 7.60. The molecule has 2 N–H and O–H groups in total. The summed E-state index contributed by atoms with van der Waals surface area (Å²) in [5.74, 6) is -1.34. The van der Waals surface area contributed by atoms with Crippen molar-refractivity contribution in [3.05, 3.63) is 17.5 Å². The second kappa shape index (κ2) is 4.32. The van der Waals surface area contributed by atoms with Crippen LogP contribution in [0.15, 0.2) is 12.3 Å². The van der Waals surface area contributed by atoms with E-state index in [1.165, 1.54) is 12.3 Å². The highest BCUT2D eigenvalue weighted by molar-refractivity contribution is 5.86. The van der Waals surface area contributed by atoms with Crippen LogP contribution in [-0.2, 0) is 9.59 Å². The molecule has 0 aromatic rings. The Kier molecular flexibility index (Phi) is 3.34. The third kappa shape index (κ3) is 2.63. The van der Waals surface area contributed by atoms with Crippen molar-refractivity contribution in [2.75, 3.05) is 19.6 Å². The zero-order chi connectivity index (χ0) is 10.6. The van der Waals surface area contributed by atoms with Crippen LogP contribution < -0.4 is 5.32 Å². The first kappa shape index (κ1) is 10.8. The van der Waals surface area contributed by atoms with Crippen LogP contribution in [0.2, 0.25) is 0 Å². The maximum atomic E-state index is 11.3. The summed E-state index contributed by atoms with van der Waals surface area (Å²) < 4.78 is -0.930. The van der Waals surface area contributed by atoms with E-state index in [0.717, 1.165) is 0 Å². The molecule has 6 nitrogen and oxygen atoms in total. The van der Waals surface area contributed by atoms with Gasteiger partial charge in [0, 0.05) is 13.1 Å². The van der Waals surface area contributed by atoms with Gasteiger partial charge < -0.3 is 15.6 Å². The van der Waals surface area contributed by atoms with Crippen LogP contribution in [-0.4, -0.2) is 41.3 Å². The molecule has 1 aliphatic rings. The van der Waals surface area contributed by atoms with Crippen molar-refractivity contribution < 1.29 is 19.3 Å². The lowest BCUT2D eigenvalue weighted by Crippen LogP contribution is -2.51. The average molecular weight is 200 g/mol. The van der Waals surface area contributed by atoms with Gasteiger partial charge in [-0.2, -0.15) is 0 Å². The van der Waals surface area contributed by atoms with Gasteiger partial charge in [-0.1, -0.05) is 0 Å². The number of carbonyl (C=O) groups excluding carboxylic acids is 1. The lowest BCUT2D eigenvalue weighted by Gasteiger charge is -2.39. The van der Waals surface area contributed by atoms with Gasteiger partial charge in [0.25, 0.3) is 0 Å². The molecule has 0 bridgehead atoms. The minimum atomic E-state index is -0.930. The third-order valence-corrected chi connectivity index (χ3v) is 1.97. The Morgan fingerprint density at radius 2 is 2.29 bits per heavy atom. The number of carbonyl (C=O) groups is 2. The molecule has 0 radical (unpaired) electrons. The first-order valence-corrected chi connectivity index (χ1v) is 4.30. The van der Waals surface area contributed by atoms with Crippen LogP contribution in [0.3, 0.4) is 0 Å². The molecule has 14 heavy (non-hydrogen) atoms. The maximum Gasteiger partial charge on any atom is 0.348 e. The summed E-state index contributed by atoms with van der Waals surface area (Å²) in [4.78, 5) is 20.9. The molecule has 1 unspecified atom stereocenters. The first-order valence-electron chi connectivity index (χ1n) is 4.30. The molecule has 0 aromatic carbocycles. The molecule has 0 spiro atoms. The van der Waals surface area contributed by atoms with Gasteiger partial charge in [0.1, 0.15) is 12.7 Å². The summed E-state index contributed by atoms with van der Waals surface area (Å²) in [5, 5.41) is 22.4. The van der Waals surface area contributed by atoms with E-state index in [1.807, 2.05) is 0 Å². The fourth-order valence-corrected chi connectivity index (χ4v) is 1.05. The van der Waals surface area contributed by atoms with Crippen LogP contribution in [0, 0.1) is 5.21 Å². The molecule has 1 amide bonds. The molecule has 1 aliphatic heterocycles. The van der Waals surface area contributed by atoms with E-state index in [-0.39, 0.29) is 13.0 Å². The fraction of sp³-hybridized carbons (Fsp3) is 0.500. The number of hydrogen-bond acceptors (Lipinski definition) is 4. The van der Waals surface area contributed by atoms with Gasteiger partial charge >= 0.3 is 11.9 Å². The molecule has 1 atom stereocenters. The summed E-state index contributed by atoms with van der Waals surface area (Å²) in [6.07, 6.45) is 2.54. The molecule has 6 heteroatoms. The minimum Gasteiger partial charge on any atom is -0.620 e. The highest BCUT2D eigenvalue weighted by Crippen LogP contribution is 2.15. The number of rotatable bonds is 6. The Bertz CT molecular complexity index is 277. The average Bonchev–Trinajstić information content (AvgIpc) is 2.14. The molecule has 1 rings (SSSR count). The second-order valence-electron chi connectivity index (χ2n) is 3.07.